The predicted molar refractivity (Wildman–Crippen MR) is 92.1 cm³/mol. The summed E-state index contributed by atoms with van der Waals surface area (Å²) >= 11 is 0. The predicted octanol–water partition coefficient (Wildman–Crippen LogP) is 4.70. The lowest BCUT2D eigenvalue weighted by molar-refractivity contribution is -0.182. The van der Waals surface area contributed by atoms with Gasteiger partial charge < -0.3 is 10.3 Å². The molecule has 6 atom stereocenters. The number of nitrogens with zero attached hydrogens (tertiary/aromatic N) is 1. The van der Waals surface area contributed by atoms with Crippen molar-refractivity contribution in [1.82, 2.24) is 0 Å². The van der Waals surface area contributed by atoms with E-state index in [0.29, 0.717) is 5.92 Å². The summed E-state index contributed by atoms with van der Waals surface area (Å²) in [6, 6.07) is 0. The van der Waals surface area contributed by atoms with E-state index < -0.39 is 11.4 Å². The highest BCUT2D eigenvalue weighted by atomic mass is 16.4. The molecule has 0 unspecified atom stereocenters. The average molecular weight is 333 g/mol. The maximum absolute atomic E-state index is 12.1. The highest BCUT2D eigenvalue weighted by molar-refractivity contribution is 5.92. The van der Waals surface area contributed by atoms with Crippen LogP contribution in [0, 0.1) is 33.5 Å². The van der Waals surface area contributed by atoms with Gasteiger partial charge in [0.05, 0.1) is 11.1 Å². The number of fused-ring (bicyclic) bond motifs is 3. The van der Waals surface area contributed by atoms with Crippen LogP contribution >= 0.6 is 0 Å². The van der Waals surface area contributed by atoms with Crippen LogP contribution in [-0.4, -0.2) is 22.0 Å². The standard InChI is InChI=1S/C20H31NO3/c1-17-9-5-14-18(2)7-4-8-19(3,16(22)23)13(18)6-10-20(14,12-17)11-15(17)21-24/h13-14,24H,4-12H2,1-3H3,(H,22,23)/b21-15-/t13-,14-,17-,18+,19-,20-/m1/s1. The van der Waals surface area contributed by atoms with Gasteiger partial charge in [0.25, 0.3) is 0 Å². The van der Waals surface area contributed by atoms with Crippen molar-refractivity contribution in [1.29, 1.82) is 0 Å². The first kappa shape index (κ1) is 16.4. The van der Waals surface area contributed by atoms with Crippen molar-refractivity contribution in [2.75, 3.05) is 0 Å². The molecule has 0 aromatic rings. The van der Waals surface area contributed by atoms with Crippen LogP contribution in [0.2, 0.25) is 0 Å². The zero-order chi connectivity index (χ0) is 17.4. The highest BCUT2D eigenvalue weighted by Gasteiger charge is 2.67. The van der Waals surface area contributed by atoms with Gasteiger partial charge in [-0.1, -0.05) is 25.4 Å². The molecular weight excluding hydrogens is 302 g/mol. The number of oxime groups is 1. The van der Waals surface area contributed by atoms with Gasteiger partial charge in [-0.3, -0.25) is 4.79 Å². The smallest absolute Gasteiger partial charge is 0.309 e. The van der Waals surface area contributed by atoms with Gasteiger partial charge >= 0.3 is 5.97 Å². The summed E-state index contributed by atoms with van der Waals surface area (Å²) in [5.41, 5.74) is 0.872. The van der Waals surface area contributed by atoms with Crippen LogP contribution in [0.25, 0.3) is 0 Å². The molecule has 2 bridgehead atoms. The third kappa shape index (κ3) is 1.80. The Kier molecular flexibility index (Phi) is 3.26. The molecule has 0 amide bonds. The summed E-state index contributed by atoms with van der Waals surface area (Å²) in [7, 11) is 0. The second-order valence-corrected chi connectivity index (χ2v) is 10.1. The van der Waals surface area contributed by atoms with Gasteiger partial charge in [0, 0.05) is 5.41 Å². The molecule has 0 aliphatic heterocycles. The van der Waals surface area contributed by atoms with Gasteiger partial charge in [0.1, 0.15) is 0 Å². The summed E-state index contributed by atoms with van der Waals surface area (Å²) in [5.74, 6) is 0.264. The molecule has 4 nitrogen and oxygen atoms in total. The van der Waals surface area contributed by atoms with E-state index in [4.69, 9.17) is 0 Å². The van der Waals surface area contributed by atoms with Crippen LogP contribution in [-0.2, 0) is 4.79 Å². The fourth-order valence-corrected chi connectivity index (χ4v) is 7.94. The van der Waals surface area contributed by atoms with Crippen molar-refractivity contribution >= 4 is 11.7 Å². The molecule has 0 saturated heterocycles. The minimum atomic E-state index is -0.598. The summed E-state index contributed by atoms with van der Waals surface area (Å²) in [5, 5.41) is 23.2. The number of hydrogen-bond acceptors (Lipinski definition) is 3. The van der Waals surface area contributed by atoms with Crippen LogP contribution in [0.15, 0.2) is 5.16 Å². The molecule has 1 spiro atoms. The van der Waals surface area contributed by atoms with Crippen LogP contribution in [0.4, 0.5) is 0 Å². The van der Waals surface area contributed by atoms with Gasteiger partial charge in [-0.05, 0) is 81.0 Å². The Morgan fingerprint density at radius 1 is 1.08 bits per heavy atom. The van der Waals surface area contributed by atoms with E-state index in [1.54, 1.807) is 0 Å². The first-order chi connectivity index (χ1) is 11.2. The number of rotatable bonds is 1. The lowest BCUT2D eigenvalue weighted by Crippen LogP contribution is -2.58. The average Bonchev–Trinajstić information content (AvgIpc) is 2.72. The molecule has 134 valence electrons. The van der Waals surface area contributed by atoms with E-state index in [1.807, 2.05) is 6.92 Å². The quantitative estimate of drug-likeness (QED) is 0.539. The number of carbonyl (C=O) groups is 1. The molecule has 4 rings (SSSR count). The number of carboxylic acids is 1. The SMILES string of the molecule is C[C@]12CC[C@H]3[C@](CC[C@@H]4[C@]3(C)CCC[C@@]4(C)C(=O)O)(C/C1=N/O)C2. The van der Waals surface area contributed by atoms with Crippen molar-refractivity contribution in [3.8, 4) is 0 Å². The summed E-state index contributed by atoms with van der Waals surface area (Å²) in [4.78, 5) is 12.1. The summed E-state index contributed by atoms with van der Waals surface area (Å²) in [6.07, 6.45) is 9.45. The molecule has 4 aliphatic rings. The van der Waals surface area contributed by atoms with Gasteiger partial charge in [-0.2, -0.15) is 0 Å². The fourth-order valence-electron chi connectivity index (χ4n) is 7.94. The van der Waals surface area contributed by atoms with Crippen molar-refractivity contribution in [2.45, 2.75) is 78.6 Å². The Morgan fingerprint density at radius 2 is 1.79 bits per heavy atom. The van der Waals surface area contributed by atoms with E-state index in [2.05, 4.69) is 19.0 Å². The Morgan fingerprint density at radius 3 is 2.46 bits per heavy atom. The van der Waals surface area contributed by atoms with Crippen molar-refractivity contribution in [3.05, 3.63) is 0 Å². The normalized spacial score (nSPS) is 55.0. The van der Waals surface area contributed by atoms with Gasteiger partial charge in [-0.15, -0.1) is 0 Å². The zero-order valence-electron chi connectivity index (χ0n) is 15.3. The second-order valence-electron chi connectivity index (χ2n) is 10.1. The minimum Gasteiger partial charge on any atom is -0.481 e. The molecule has 0 heterocycles. The first-order valence-corrected chi connectivity index (χ1v) is 9.65. The van der Waals surface area contributed by atoms with Crippen LogP contribution in [0.5, 0.6) is 0 Å². The molecule has 4 aliphatic carbocycles. The fraction of sp³-hybridized carbons (Fsp3) is 0.900. The van der Waals surface area contributed by atoms with Gasteiger partial charge in [0.2, 0.25) is 0 Å². The van der Waals surface area contributed by atoms with Crippen LogP contribution in [0.3, 0.4) is 0 Å². The highest BCUT2D eigenvalue weighted by Crippen LogP contribution is 2.73. The van der Waals surface area contributed by atoms with E-state index in [0.717, 1.165) is 63.5 Å². The molecule has 0 aromatic carbocycles. The number of hydrogen-bond donors (Lipinski definition) is 2. The van der Waals surface area contributed by atoms with Crippen LogP contribution < -0.4 is 0 Å². The summed E-state index contributed by atoms with van der Waals surface area (Å²) in [6.45, 7) is 6.65. The maximum Gasteiger partial charge on any atom is 0.309 e. The molecule has 4 saturated carbocycles. The Balaban J connectivity index is 1.75. The van der Waals surface area contributed by atoms with E-state index in [-0.39, 0.29) is 22.2 Å². The third-order valence-electron chi connectivity index (χ3n) is 9.00. The first-order valence-electron chi connectivity index (χ1n) is 9.65. The largest absolute Gasteiger partial charge is 0.481 e. The molecule has 0 radical (unpaired) electrons. The third-order valence-corrected chi connectivity index (χ3v) is 9.00. The lowest BCUT2D eigenvalue weighted by atomic mass is 9.40. The second kappa shape index (κ2) is 4.76. The molecule has 4 heteroatoms. The van der Waals surface area contributed by atoms with Crippen LogP contribution in [0.1, 0.15) is 78.6 Å². The Labute approximate surface area is 144 Å². The van der Waals surface area contributed by atoms with Crippen molar-refractivity contribution in [3.63, 3.8) is 0 Å². The molecule has 4 fully saturated rings. The van der Waals surface area contributed by atoms with Crippen molar-refractivity contribution in [2.24, 2.45) is 38.7 Å². The van der Waals surface area contributed by atoms with Crippen molar-refractivity contribution < 1.29 is 15.1 Å². The Hall–Kier alpha value is -1.06. The summed E-state index contributed by atoms with van der Waals surface area (Å²) < 4.78 is 0. The van der Waals surface area contributed by atoms with Gasteiger partial charge in [0.15, 0.2) is 0 Å². The molecule has 24 heavy (non-hydrogen) atoms. The lowest BCUT2D eigenvalue weighted by Gasteiger charge is -2.63. The topological polar surface area (TPSA) is 69.9 Å². The monoisotopic (exact) mass is 333 g/mol. The Bertz CT molecular complexity index is 616. The minimum absolute atomic E-state index is 0.0687. The van der Waals surface area contributed by atoms with E-state index in [1.165, 1.54) is 0 Å². The molecular formula is C20H31NO3. The number of carboxylic acid groups (broad SMARTS) is 1. The maximum atomic E-state index is 12.1. The zero-order valence-corrected chi connectivity index (χ0v) is 15.3. The van der Waals surface area contributed by atoms with E-state index in [9.17, 15) is 15.1 Å². The molecule has 0 aromatic heterocycles. The van der Waals surface area contributed by atoms with E-state index >= 15 is 0 Å². The van der Waals surface area contributed by atoms with Gasteiger partial charge in [-0.25, -0.2) is 0 Å². The number of aliphatic carboxylic acids is 1. The molecule has 2 N–H and O–H groups in total.